The Bertz CT molecular complexity index is 164. The van der Waals surface area contributed by atoms with Gasteiger partial charge in [-0.2, -0.15) is 0 Å². The molecule has 0 bridgehead atoms. The average molecular weight is 167 g/mol. The average Bonchev–Trinajstić information content (AvgIpc) is 2.48. The second-order valence-electron chi connectivity index (χ2n) is 4.81. The Hall–Kier alpha value is -0.0400. The van der Waals surface area contributed by atoms with Crippen molar-refractivity contribution in [1.82, 2.24) is 4.90 Å². The van der Waals surface area contributed by atoms with Gasteiger partial charge in [0.1, 0.15) is 0 Å². The minimum absolute atomic E-state index is 0.623. The van der Waals surface area contributed by atoms with E-state index < -0.39 is 0 Å². The van der Waals surface area contributed by atoms with Crippen molar-refractivity contribution >= 4 is 0 Å². The molecule has 12 heavy (non-hydrogen) atoms. The predicted octanol–water partition coefficient (Wildman–Crippen LogP) is 2.66. The monoisotopic (exact) mass is 167 g/mol. The zero-order valence-corrected chi connectivity index (χ0v) is 8.47. The van der Waals surface area contributed by atoms with E-state index in [2.05, 4.69) is 18.7 Å². The van der Waals surface area contributed by atoms with Gasteiger partial charge < -0.3 is 0 Å². The van der Waals surface area contributed by atoms with Gasteiger partial charge in [-0.15, -0.1) is 0 Å². The third-order valence-electron chi connectivity index (χ3n) is 4.03. The summed E-state index contributed by atoms with van der Waals surface area (Å²) in [5.41, 5.74) is 0.623. The van der Waals surface area contributed by atoms with Crippen molar-refractivity contribution < 1.29 is 0 Å². The standard InChI is InChI=1S/C11H21N/c1-10(2)11-6-3-4-8-12(11)9-5-7-11/h10H,3-9H2,1-2H3. The van der Waals surface area contributed by atoms with E-state index in [-0.39, 0.29) is 0 Å². The lowest BCUT2D eigenvalue weighted by atomic mass is 9.77. The van der Waals surface area contributed by atoms with Crippen LogP contribution in [0.4, 0.5) is 0 Å². The van der Waals surface area contributed by atoms with Crippen molar-refractivity contribution in [3.63, 3.8) is 0 Å². The van der Waals surface area contributed by atoms with E-state index in [1.807, 2.05) is 0 Å². The van der Waals surface area contributed by atoms with Crippen molar-refractivity contribution in [1.29, 1.82) is 0 Å². The fourth-order valence-corrected chi connectivity index (χ4v) is 3.25. The zero-order chi connectivity index (χ0) is 8.60. The molecule has 70 valence electrons. The molecule has 0 aromatic rings. The lowest BCUT2D eigenvalue weighted by Gasteiger charge is -2.45. The molecule has 0 radical (unpaired) electrons. The molecule has 0 aromatic carbocycles. The molecule has 2 saturated heterocycles. The van der Waals surface area contributed by atoms with Crippen molar-refractivity contribution in [2.24, 2.45) is 5.92 Å². The van der Waals surface area contributed by atoms with Crippen LogP contribution in [0.1, 0.15) is 46.0 Å². The van der Waals surface area contributed by atoms with Gasteiger partial charge in [0.05, 0.1) is 0 Å². The van der Waals surface area contributed by atoms with Gasteiger partial charge in [0.2, 0.25) is 0 Å². The molecule has 0 N–H and O–H groups in total. The SMILES string of the molecule is CC(C)C12CCCCN1CCC2. The Kier molecular flexibility index (Phi) is 2.16. The van der Waals surface area contributed by atoms with Gasteiger partial charge in [-0.25, -0.2) is 0 Å². The highest BCUT2D eigenvalue weighted by atomic mass is 15.2. The number of piperidine rings is 1. The highest BCUT2D eigenvalue weighted by molar-refractivity contribution is 4.99. The smallest absolute Gasteiger partial charge is 0.0232 e. The molecule has 2 aliphatic heterocycles. The Morgan fingerprint density at radius 1 is 1.00 bits per heavy atom. The molecule has 1 nitrogen and oxygen atoms in total. The van der Waals surface area contributed by atoms with Crippen LogP contribution in [0.2, 0.25) is 0 Å². The molecule has 0 aliphatic carbocycles. The first-order valence-electron chi connectivity index (χ1n) is 5.51. The van der Waals surface area contributed by atoms with Crippen LogP contribution < -0.4 is 0 Å². The van der Waals surface area contributed by atoms with Crippen LogP contribution >= 0.6 is 0 Å². The summed E-state index contributed by atoms with van der Waals surface area (Å²) in [7, 11) is 0. The van der Waals surface area contributed by atoms with Crippen molar-refractivity contribution in [3.05, 3.63) is 0 Å². The normalized spacial score (nSPS) is 37.2. The number of rotatable bonds is 1. The molecule has 1 heteroatoms. The molecule has 0 spiro atoms. The van der Waals surface area contributed by atoms with Crippen LogP contribution in [0.25, 0.3) is 0 Å². The highest BCUT2D eigenvalue weighted by Crippen LogP contribution is 2.42. The molecule has 2 heterocycles. The van der Waals surface area contributed by atoms with Crippen LogP contribution in [0.5, 0.6) is 0 Å². The minimum Gasteiger partial charge on any atom is -0.297 e. The fraction of sp³-hybridized carbons (Fsp3) is 1.00. The maximum Gasteiger partial charge on any atom is 0.0232 e. The van der Waals surface area contributed by atoms with Crippen LogP contribution in [0.3, 0.4) is 0 Å². The number of hydrogen-bond acceptors (Lipinski definition) is 1. The maximum absolute atomic E-state index is 2.77. The lowest BCUT2D eigenvalue weighted by molar-refractivity contribution is 0.0476. The second-order valence-corrected chi connectivity index (χ2v) is 4.81. The third-order valence-corrected chi connectivity index (χ3v) is 4.03. The van der Waals surface area contributed by atoms with E-state index in [0.717, 1.165) is 5.92 Å². The van der Waals surface area contributed by atoms with Gasteiger partial charge in [-0.1, -0.05) is 20.3 Å². The largest absolute Gasteiger partial charge is 0.297 e. The molecule has 2 aliphatic rings. The van der Waals surface area contributed by atoms with E-state index in [0.29, 0.717) is 5.54 Å². The molecule has 1 atom stereocenters. The summed E-state index contributed by atoms with van der Waals surface area (Å²) >= 11 is 0. The lowest BCUT2D eigenvalue weighted by Crippen LogP contribution is -2.50. The first-order chi connectivity index (χ1) is 5.76. The van der Waals surface area contributed by atoms with Crippen molar-refractivity contribution in [3.8, 4) is 0 Å². The maximum atomic E-state index is 2.77. The summed E-state index contributed by atoms with van der Waals surface area (Å²) in [6.07, 6.45) is 7.27. The van der Waals surface area contributed by atoms with Gasteiger partial charge in [0, 0.05) is 5.54 Å². The number of fused-ring (bicyclic) bond motifs is 1. The summed E-state index contributed by atoms with van der Waals surface area (Å²) in [5.74, 6) is 0.861. The molecular weight excluding hydrogens is 146 g/mol. The molecule has 2 rings (SSSR count). The van der Waals surface area contributed by atoms with E-state index in [1.54, 1.807) is 0 Å². The summed E-state index contributed by atoms with van der Waals surface area (Å²) in [4.78, 5) is 2.77. The summed E-state index contributed by atoms with van der Waals surface area (Å²) in [6, 6.07) is 0. The fourth-order valence-electron chi connectivity index (χ4n) is 3.25. The van der Waals surface area contributed by atoms with Gasteiger partial charge in [0.15, 0.2) is 0 Å². The summed E-state index contributed by atoms with van der Waals surface area (Å²) in [6.45, 7) is 7.56. The predicted molar refractivity (Wildman–Crippen MR) is 52.2 cm³/mol. The van der Waals surface area contributed by atoms with Gasteiger partial charge in [-0.05, 0) is 44.7 Å². The Balaban J connectivity index is 2.17. The van der Waals surface area contributed by atoms with Gasteiger partial charge in [0.25, 0.3) is 0 Å². The van der Waals surface area contributed by atoms with Crippen LogP contribution in [0.15, 0.2) is 0 Å². The molecule has 0 amide bonds. The summed E-state index contributed by atoms with van der Waals surface area (Å²) in [5, 5.41) is 0. The topological polar surface area (TPSA) is 3.24 Å². The summed E-state index contributed by atoms with van der Waals surface area (Å²) < 4.78 is 0. The second kappa shape index (κ2) is 3.02. The quantitative estimate of drug-likeness (QED) is 0.580. The van der Waals surface area contributed by atoms with Gasteiger partial charge >= 0.3 is 0 Å². The van der Waals surface area contributed by atoms with Crippen LogP contribution in [0, 0.1) is 5.92 Å². The van der Waals surface area contributed by atoms with Crippen molar-refractivity contribution in [2.75, 3.05) is 13.1 Å². The van der Waals surface area contributed by atoms with Crippen LogP contribution in [-0.2, 0) is 0 Å². The Morgan fingerprint density at radius 2 is 1.67 bits per heavy atom. The van der Waals surface area contributed by atoms with Crippen LogP contribution in [-0.4, -0.2) is 23.5 Å². The molecule has 0 saturated carbocycles. The van der Waals surface area contributed by atoms with E-state index in [1.165, 1.54) is 45.2 Å². The highest BCUT2D eigenvalue weighted by Gasteiger charge is 2.44. The first kappa shape index (κ1) is 8.55. The number of nitrogens with zero attached hydrogens (tertiary/aromatic N) is 1. The molecular formula is C11H21N. The molecule has 0 aromatic heterocycles. The molecule has 1 unspecified atom stereocenters. The third kappa shape index (κ3) is 1.10. The zero-order valence-electron chi connectivity index (χ0n) is 8.47. The van der Waals surface area contributed by atoms with Gasteiger partial charge in [-0.3, -0.25) is 4.90 Å². The Labute approximate surface area is 76.1 Å². The first-order valence-corrected chi connectivity index (χ1v) is 5.51. The Morgan fingerprint density at radius 3 is 2.33 bits per heavy atom. The van der Waals surface area contributed by atoms with E-state index in [4.69, 9.17) is 0 Å². The van der Waals surface area contributed by atoms with E-state index >= 15 is 0 Å². The number of hydrogen-bond donors (Lipinski definition) is 0. The minimum atomic E-state index is 0.623. The molecule has 2 fully saturated rings. The van der Waals surface area contributed by atoms with E-state index in [9.17, 15) is 0 Å². The van der Waals surface area contributed by atoms with Crippen molar-refractivity contribution in [2.45, 2.75) is 51.5 Å².